The molecule has 14 heteroatoms. The molecule has 0 atom stereocenters. The Kier molecular flexibility index (Phi) is 16.0. The molecule has 0 unspecified atom stereocenters. The van der Waals surface area contributed by atoms with E-state index in [4.69, 9.17) is 32.7 Å². The molecule has 0 amide bonds. The molecule has 0 saturated heterocycles. The fraction of sp³-hybridized carbons (Fsp3) is 0.222. The highest BCUT2D eigenvalue weighted by Gasteiger charge is 2.11. The number of nitrogens with one attached hydrogen (secondary N) is 1. The normalized spacial score (nSPS) is 10.6. The second-order valence-electron chi connectivity index (χ2n) is 10.6. The van der Waals surface area contributed by atoms with E-state index in [1.54, 1.807) is 57.9 Å². The van der Waals surface area contributed by atoms with Crippen LogP contribution >= 0.6 is 46.7 Å². The molecule has 0 aliphatic rings. The van der Waals surface area contributed by atoms with Crippen LogP contribution in [-0.4, -0.2) is 73.9 Å². The number of hydrogen-bond donors (Lipinski definition) is 1. The number of nitrogens with zero attached hydrogens (tertiary/aromatic N) is 7. The zero-order chi connectivity index (χ0) is 35.7. The average Bonchev–Trinajstić information content (AvgIpc) is 3.87. The van der Waals surface area contributed by atoms with E-state index >= 15 is 0 Å². The highest BCUT2D eigenvalue weighted by molar-refractivity contribution is 7.98. The summed E-state index contributed by atoms with van der Waals surface area (Å²) in [7, 11) is 5.99. The number of aromatic nitrogens is 6. The van der Waals surface area contributed by atoms with E-state index in [1.165, 1.54) is 9.79 Å². The predicted octanol–water partition coefficient (Wildman–Crippen LogP) is 8.77. The van der Waals surface area contributed by atoms with Crippen molar-refractivity contribution in [1.29, 1.82) is 0 Å². The van der Waals surface area contributed by atoms with Gasteiger partial charge in [-0.25, -0.2) is 0 Å². The Bertz CT molecular complexity index is 1840. The Morgan fingerprint density at radius 2 is 1.04 bits per heavy atom. The molecule has 6 aromatic rings. The molecule has 0 spiro atoms. The van der Waals surface area contributed by atoms with Crippen LogP contribution in [0.1, 0.15) is 11.1 Å². The van der Waals surface area contributed by atoms with Crippen LogP contribution in [0.25, 0.3) is 11.4 Å². The summed E-state index contributed by atoms with van der Waals surface area (Å²) >= 11 is 13.0. The summed E-state index contributed by atoms with van der Waals surface area (Å²) in [5.74, 6) is 3.33. The maximum absolute atomic E-state index is 6.10. The topological polar surface area (TPSA) is 95.1 Å². The minimum absolute atomic E-state index is 0.194. The van der Waals surface area contributed by atoms with Crippen LogP contribution in [0.15, 0.2) is 120 Å². The molecule has 50 heavy (non-hydrogen) atoms. The van der Waals surface area contributed by atoms with Crippen LogP contribution in [-0.2, 0) is 13.1 Å². The van der Waals surface area contributed by atoms with Crippen LogP contribution in [0.5, 0.6) is 23.0 Å². The van der Waals surface area contributed by atoms with Crippen molar-refractivity contribution in [2.75, 3.05) is 39.0 Å². The first-order valence-corrected chi connectivity index (χ1v) is 18.9. The Morgan fingerprint density at radius 1 is 0.640 bits per heavy atom. The van der Waals surface area contributed by atoms with Crippen molar-refractivity contribution in [3.8, 4) is 34.4 Å². The van der Waals surface area contributed by atoms with E-state index in [-0.39, 0.29) is 5.34 Å². The SMILES string of the molecule is CNCc1cc(-n2nccn2)ccc1Oc1ccc(SC)cc1.CSc1ccc(Oc2ccc(-n3nccn3)cc2CN(C)C)cc1.ClCCl. The lowest BCUT2D eigenvalue weighted by atomic mass is 10.1. The molecule has 10 nitrogen and oxygen atoms in total. The standard InChI is InChI=1S/C18H20N4OS.C17H18N4OS.CH2Cl2/c1-21(2)13-14-12-15(22-19-10-11-20-22)4-9-18(14)23-16-5-7-17(24-3)8-6-16;1-18-12-13-11-14(21-19-9-10-20-21)3-8-17(13)22-15-4-6-16(23-2)7-5-15;2-1-3/h4-12H,13H2,1-3H3;3-11,18H,12H2,1-2H3;1H2. The van der Waals surface area contributed by atoms with Crippen molar-refractivity contribution in [2.24, 2.45) is 0 Å². The van der Waals surface area contributed by atoms with Crippen LogP contribution in [0.3, 0.4) is 0 Å². The van der Waals surface area contributed by atoms with Crippen molar-refractivity contribution in [3.63, 3.8) is 0 Å². The van der Waals surface area contributed by atoms with Gasteiger partial charge in [-0.15, -0.1) is 46.7 Å². The first-order valence-electron chi connectivity index (χ1n) is 15.4. The summed E-state index contributed by atoms with van der Waals surface area (Å²) in [6, 6.07) is 28.1. The fourth-order valence-electron chi connectivity index (χ4n) is 4.61. The van der Waals surface area contributed by atoms with Crippen LogP contribution in [0.2, 0.25) is 0 Å². The Hall–Kier alpha value is -4.04. The second-order valence-corrected chi connectivity index (χ2v) is 13.2. The number of rotatable bonds is 12. The summed E-state index contributed by atoms with van der Waals surface area (Å²) in [4.78, 5) is 7.75. The van der Waals surface area contributed by atoms with E-state index in [9.17, 15) is 0 Å². The van der Waals surface area contributed by atoms with Gasteiger partial charge < -0.3 is 19.7 Å². The quantitative estimate of drug-likeness (QED) is 0.0967. The Balaban J connectivity index is 0.000000209. The van der Waals surface area contributed by atoms with Crippen LogP contribution < -0.4 is 14.8 Å². The van der Waals surface area contributed by atoms with Crippen LogP contribution in [0, 0.1) is 0 Å². The minimum atomic E-state index is 0.194. The molecular weight excluding hydrogens is 711 g/mol. The zero-order valence-corrected chi connectivity index (χ0v) is 31.7. The second kappa shape index (κ2) is 20.6. The molecule has 4 aromatic carbocycles. The van der Waals surface area contributed by atoms with Crippen molar-refractivity contribution in [3.05, 3.63) is 121 Å². The maximum atomic E-state index is 6.10. The van der Waals surface area contributed by atoms with E-state index < -0.39 is 0 Å². The maximum Gasteiger partial charge on any atom is 0.132 e. The average molecular weight is 752 g/mol. The number of thioether (sulfide) groups is 2. The van der Waals surface area contributed by atoms with Gasteiger partial charge in [0.05, 0.1) is 41.5 Å². The van der Waals surface area contributed by atoms with Gasteiger partial charge in [-0.1, -0.05) is 0 Å². The third kappa shape index (κ3) is 11.8. The third-order valence-electron chi connectivity index (χ3n) is 6.82. The third-order valence-corrected chi connectivity index (χ3v) is 8.30. The number of ether oxygens (including phenoxy) is 2. The van der Waals surface area contributed by atoms with E-state index in [1.807, 2.05) is 75.7 Å². The van der Waals surface area contributed by atoms with Crippen molar-refractivity contribution >= 4 is 46.7 Å². The van der Waals surface area contributed by atoms with Gasteiger partial charge in [-0.3, -0.25) is 0 Å². The lowest BCUT2D eigenvalue weighted by Gasteiger charge is -2.16. The van der Waals surface area contributed by atoms with Gasteiger partial charge in [-0.05, 0) is 119 Å². The van der Waals surface area contributed by atoms with E-state index in [2.05, 4.69) is 73.5 Å². The van der Waals surface area contributed by atoms with Gasteiger partial charge in [0.15, 0.2) is 0 Å². The monoisotopic (exact) mass is 750 g/mol. The highest BCUT2D eigenvalue weighted by Crippen LogP contribution is 2.30. The summed E-state index contributed by atoms with van der Waals surface area (Å²) in [5, 5.41) is 20.1. The molecule has 1 N–H and O–H groups in total. The van der Waals surface area contributed by atoms with E-state index in [0.717, 1.165) is 52.0 Å². The number of benzene rings is 4. The molecule has 2 aromatic heterocycles. The summed E-state index contributed by atoms with van der Waals surface area (Å²) in [6.45, 7) is 1.47. The minimum Gasteiger partial charge on any atom is -0.457 e. The van der Waals surface area contributed by atoms with Gasteiger partial charge in [0.2, 0.25) is 0 Å². The molecule has 262 valence electrons. The number of hydrogen-bond acceptors (Lipinski definition) is 10. The molecule has 0 bridgehead atoms. The smallest absolute Gasteiger partial charge is 0.132 e. The van der Waals surface area contributed by atoms with Gasteiger partial charge in [-0.2, -0.15) is 30.0 Å². The first-order chi connectivity index (χ1) is 24.4. The molecule has 0 radical (unpaired) electrons. The number of halogens is 2. The van der Waals surface area contributed by atoms with Gasteiger partial charge in [0.1, 0.15) is 23.0 Å². The molecule has 0 aliphatic heterocycles. The number of alkyl halides is 2. The zero-order valence-electron chi connectivity index (χ0n) is 28.5. The Morgan fingerprint density at radius 3 is 1.42 bits per heavy atom. The van der Waals surface area contributed by atoms with Gasteiger partial charge >= 0.3 is 0 Å². The molecule has 0 saturated carbocycles. The summed E-state index contributed by atoms with van der Waals surface area (Å²) in [5.41, 5.74) is 3.97. The first kappa shape index (κ1) is 38.8. The lowest BCUT2D eigenvalue weighted by Crippen LogP contribution is -2.12. The van der Waals surface area contributed by atoms with Crippen molar-refractivity contribution in [2.45, 2.75) is 22.9 Å². The highest BCUT2D eigenvalue weighted by atomic mass is 35.5. The largest absolute Gasteiger partial charge is 0.457 e. The molecule has 2 heterocycles. The summed E-state index contributed by atoms with van der Waals surface area (Å²) in [6.07, 6.45) is 10.8. The van der Waals surface area contributed by atoms with Crippen LogP contribution in [0.4, 0.5) is 0 Å². The Labute approximate surface area is 312 Å². The van der Waals surface area contributed by atoms with Crippen molar-refractivity contribution < 1.29 is 9.47 Å². The predicted molar refractivity (Wildman–Crippen MR) is 206 cm³/mol. The molecule has 0 aliphatic carbocycles. The lowest BCUT2D eigenvalue weighted by molar-refractivity contribution is 0.388. The van der Waals surface area contributed by atoms with Gasteiger partial charge in [0, 0.05) is 34.0 Å². The van der Waals surface area contributed by atoms with E-state index in [0.29, 0.717) is 6.54 Å². The molecule has 0 fully saturated rings. The van der Waals surface area contributed by atoms with Gasteiger partial charge in [0.25, 0.3) is 0 Å². The summed E-state index contributed by atoms with van der Waals surface area (Å²) < 4.78 is 12.1. The fourth-order valence-corrected chi connectivity index (χ4v) is 5.43. The molecule has 6 rings (SSSR count). The molecular formula is C36H40Cl2N8O2S2. The van der Waals surface area contributed by atoms with Crippen molar-refractivity contribution in [1.82, 2.24) is 40.2 Å².